The van der Waals surface area contributed by atoms with Gasteiger partial charge in [0, 0.05) is 6.42 Å². The summed E-state index contributed by atoms with van der Waals surface area (Å²) in [6, 6.07) is 0. The highest BCUT2D eigenvalue weighted by molar-refractivity contribution is 6.40. The van der Waals surface area contributed by atoms with Crippen LogP contribution in [0.1, 0.15) is 6.42 Å². The van der Waals surface area contributed by atoms with Crippen molar-refractivity contribution in [3.8, 4) is 0 Å². The first-order chi connectivity index (χ1) is 3.91. The van der Waals surface area contributed by atoms with Gasteiger partial charge in [-0.15, -0.1) is 23.2 Å². The van der Waals surface area contributed by atoms with E-state index < -0.39 is 0 Å². The van der Waals surface area contributed by atoms with Gasteiger partial charge >= 0.3 is 0 Å². The van der Waals surface area contributed by atoms with Crippen LogP contribution < -0.4 is 0 Å². The molecule has 2 nitrogen and oxygen atoms in total. The van der Waals surface area contributed by atoms with Gasteiger partial charge in [0.25, 0.3) is 0 Å². The third-order valence-corrected chi connectivity index (χ3v) is 0.539. The van der Waals surface area contributed by atoms with Gasteiger partial charge in [0.15, 0.2) is 0 Å². The molecule has 0 radical (unpaired) electrons. The van der Waals surface area contributed by atoms with Crippen molar-refractivity contribution < 1.29 is 9.78 Å². The smallest absolute Gasteiger partial charge is 0.0967 e. The molecule has 0 spiro atoms. The Morgan fingerprint density at radius 2 is 1.50 bits per heavy atom. The van der Waals surface area contributed by atoms with Crippen LogP contribution in [0.4, 0.5) is 0 Å². The molecule has 0 amide bonds. The maximum Gasteiger partial charge on any atom is 0.0967 e. The summed E-state index contributed by atoms with van der Waals surface area (Å²) in [5, 5.41) is 0.194. The number of hydrogen-bond donors (Lipinski definition) is 0. The van der Waals surface area contributed by atoms with Crippen molar-refractivity contribution in [2.75, 3.05) is 18.6 Å². The lowest BCUT2D eigenvalue weighted by Crippen LogP contribution is -1.72. The maximum absolute atomic E-state index is 4.76. The first-order valence-corrected chi connectivity index (χ1v) is 3.35. The molecule has 0 atom stereocenters. The third-order valence-electron chi connectivity index (χ3n) is 0.539. The molecule has 0 N–H and O–H groups in total. The zero-order valence-corrected chi connectivity index (χ0v) is 5.91. The quantitative estimate of drug-likeness (QED) is 0.396. The van der Waals surface area contributed by atoms with Crippen molar-refractivity contribution in [2.24, 2.45) is 0 Å². The van der Waals surface area contributed by atoms with Gasteiger partial charge in [-0.05, 0) is 0 Å². The van der Waals surface area contributed by atoms with Gasteiger partial charge in [0.05, 0.1) is 18.6 Å². The summed E-state index contributed by atoms with van der Waals surface area (Å²) in [6.07, 6.45) is 1.06. The highest BCUT2D eigenvalue weighted by atomic mass is 35.5. The molecule has 1 heterocycles. The number of rotatable bonds is 0. The molecule has 4 heteroatoms. The van der Waals surface area contributed by atoms with Crippen molar-refractivity contribution in [1.82, 2.24) is 0 Å². The highest BCUT2D eigenvalue weighted by Crippen LogP contribution is 1.93. The maximum atomic E-state index is 4.76. The van der Waals surface area contributed by atoms with Crippen LogP contribution in [0.25, 0.3) is 0 Å². The third kappa shape index (κ3) is 6.50. The second kappa shape index (κ2) is 7.50. The topological polar surface area (TPSA) is 18.5 Å². The van der Waals surface area contributed by atoms with Crippen LogP contribution in [0.3, 0.4) is 0 Å². The Morgan fingerprint density at radius 1 is 1.12 bits per heavy atom. The fourth-order valence-corrected chi connectivity index (χ4v) is 0.295. The van der Waals surface area contributed by atoms with Gasteiger partial charge in [-0.3, -0.25) is 0 Å². The minimum atomic E-state index is 0.194. The Morgan fingerprint density at radius 3 is 1.62 bits per heavy atom. The van der Waals surface area contributed by atoms with E-state index in [-0.39, 0.29) is 5.34 Å². The molecule has 1 aliphatic heterocycles. The van der Waals surface area contributed by atoms with Crippen molar-refractivity contribution in [3.05, 3.63) is 0 Å². The Balaban J connectivity index is 0.000000145. The minimum Gasteiger partial charge on any atom is -0.237 e. The predicted molar refractivity (Wildman–Crippen MR) is 33.1 cm³/mol. The Hall–Kier alpha value is 0.500. The van der Waals surface area contributed by atoms with E-state index in [1.165, 1.54) is 0 Å². The molecule has 0 aromatic rings. The Bertz CT molecular complexity index is 31.4. The first kappa shape index (κ1) is 8.50. The lowest BCUT2D eigenvalue weighted by atomic mass is 10.5. The minimum absolute atomic E-state index is 0.194. The van der Waals surface area contributed by atoms with Crippen LogP contribution in [0.2, 0.25) is 0 Å². The van der Waals surface area contributed by atoms with E-state index in [1.54, 1.807) is 0 Å². The zero-order chi connectivity index (χ0) is 6.24. The van der Waals surface area contributed by atoms with Crippen LogP contribution in [-0.4, -0.2) is 18.6 Å². The summed E-state index contributed by atoms with van der Waals surface area (Å²) < 4.78 is 0. The predicted octanol–water partition coefficient (Wildman–Crippen LogP) is 1.76. The molecule has 0 bridgehead atoms. The fraction of sp³-hybridized carbons (Fsp3) is 1.00. The van der Waals surface area contributed by atoms with E-state index in [2.05, 4.69) is 9.78 Å². The second-order valence-electron chi connectivity index (χ2n) is 1.10. The van der Waals surface area contributed by atoms with Crippen LogP contribution in [0.5, 0.6) is 0 Å². The van der Waals surface area contributed by atoms with Gasteiger partial charge in [0.2, 0.25) is 0 Å². The lowest BCUT2D eigenvalue weighted by Gasteiger charge is -1.77. The monoisotopic (exact) mass is 158 g/mol. The summed E-state index contributed by atoms with van der Waals surface area (Å²) in [5.41, 5.74) is 0. The summed E-state index contributed by atoms with van der Waals surface area (Å²) in [7, 11) is 0. The summed E-state index contributed by atoms with van der Waals surface area (Å²) >= 11 is 9.53. The average Bonchev–Trinajstić information content (AvgIpc) is 2.17. The van der Waals surface area contributed by atoms with Crippen LogP contribution in [0.15, 0.2) is 0 Å². The highest BCUT2D eigenvalue weighted by Gasteiger charge is 1.95. The first-order valence-electron chi connectivity index (χ1n) is 2.28. The average molecular weight is 159 g/mol. The largest absolute Gasteiger partial charge is 0.237 e. The summed E-state index contributed by atoms with van der Waals surface area (Å²) in [6.45, 7) is 1.56. The van der Waals surface area contributed by atoms with Crippen LogP contribution >= 0.6 is 23.2 Å². The molecule has 1 rings (SSSR count). The molecule has 0 saturated carbocycles. The van der Waals surface area contributed by atoms with E-state index in [9.17, 15) is 0 Å². The van der Waals surface area contributed by atoms with Gasteiger partial charge < -0.3 is 0 Å². The van der Waals surface area contributed by atoms with Crippen molar-refractivity contribution in [3.63, 3.8) is 0 Å². The van der Waals surface area contributed by atoms with Crippen molar-refractivity contribution >= 4 is 23.2 Å². The van der Waals surface area contributed by atoms with Crippen molar-refractivity contribution in [2.45, 2.75) is 6.42 Å². The van der Waals surface area contributed by atoms with Gasteiger partial charge in [0.1, 0.15) is 0 Å². The molecular weight excluding hydrogens is 151 g/mol. The second-order valence-corrected chi connectivity index (χ2v) is 1.91. The number of alkyl halides is 2. The molecule has 1 saturated heterocycles. The Labute approximate surface area is 58.6 Å². The van der Waals surface area contributed by atoms with Gasteiger partial charge in [-0.25, -0.2) is 9.78 Å². The molecule has 0 unspecified atom stereocenters. The molecular formula is C4H8Cl2O2. The zero-order valence-electron chi connectivity index (χ0n) is 4.40. The van der Waals surface area contributed by atoms with E-state index >= 15 is 0 Å². The normalized spacial score (nSPS) is 17.2. The van der Waals surface area contributed by atoms with Crippen LogP contribution in [0, 0.1) is 0 Å². The molecule has 1 aliphatic rings. The molecule has 8 heavy (non-hydrogen) atoms. The van der Waals surface area contributed by atoms with Gasteiger partial charge in [-0.1, -0.05) is 0 Å². The molecule has 0 aromatic carbocycles. The van der Waals surface area contributed by atoms with E-state index in [0.29, 0.717) is 0 Å². The fourth-order valence-electron chi connectivity index (χ4n) is 0.295. The SMILES string of the molecule is C1COOC1.ClCCl. The Kier molecular flexibility index (Phi) is 7.97. The lowest BCUT2D eigenvalue weighted by molar-refractivity contribution is -0.248. The summed E-state index contributed by atoms with van der Waals surface area (Å²) in [5.74, 6) is 0. The van der Waals surface area contributed by atoms with E-state index in [1.807, 2.05) is 0 Å². The molecule has 0 aliphatic carbocycles. The van der Waals surface area contributed by atoms with E-state index in [4.69, 9.17) is 23.2 Å². The van der Waals surface area contributed by atoms with Crippen LogP contribution in [-0.2, 0) is 9.78 Å². The molecule has 50 valence electrons. The van der Waals surface area contributed by atoms with E-state index in [0.717, 1.165) is 19.6 Å². The molecule has 0 aromatic heterocycles. The molecule has 1 fully saturated rings. The standard InChI is InChI=1S/C3H6O2.CH2Cl2/c1-2-4-5-3-1;2-1-3/h1-3H2;1H2. The van der Waals surface area contributed by atoms with Crippen molar-refractivity contribution in [1.29, 1.82) is 0 Å². The van der Waals surface area contributed by atoms with Gasteiger partial charge in [-0.2, -0.15) is 0 Å². The summed E-state index contributed by atoms with van der Waals surface area (Å²) in [4.78, 5) is 8.89. The number of halogens is 2. The number of hydrogen-bond acceptors (Lipinski definition) is 2.